The molecule has 2 rings (SSSR count). The van der Waals surface area contributed by atoms with Gasteiger partial charge in [0.15, 0.2) is 0 Å². The SMILES string of the molecule is Cc1cccc(NC(=O)NC2CCCNC2)c1.Cl. The van der Waals surface area contributed by atoms with Gasteiger partial charge >= 0.3 is 6.03 Å². The summed E-state index contributed by atoms with van der Waals surface area (Å²) in [5, 5.41) is 9.10. The second-order valence-corrected chi connectivity index (χ2v) is 4.51. The molecule has 5 heteroatoms. The molecular weight excluding hydrogens is 250 g/mol. The lowest BCUT2D eigenvalue weighted by Crippen LogP contribution is -2.47. The highest BCUT2D eigenvalue weighted by atomic mass is 35.5. The maximum absolute atomic E-state index is 11.7. The summed E-state index contributed by atoms with van der Waals surface area (Å²) < 4.78 is 0. The van der Waals surface area contributed by atoms with E-state index in [1.165, 1.54) is 0 Å². The molecule has 4 nitrogen and oxygen atoms in total. The van der Waals surface area contributed by atoms with Crippen molar-refractivity contribution >= 4 is 24.1 Å². The number of benzene rings is 1. The van der Waals surface area contributed by atoms with E-state index in [1.54, 1.807) is 0 Å². The van der Waals surface area contributed by atoms with E-state index in [1.807, 2.05) is 31.2 Å². The van der Waals surface area contributed by atoms with Crippen LogP contribution < -0.4 is 16.0 Å². The predicted molar refractivity (Wildman–Crippen MR) is 76.5 cm³/mol. The van der Waals surface area contributed by atoms with Crippen LogP contribution in [0.2, 0.25) is 0 Å². The standard InChI is InChI=1S/C13H19N3O.ClH/c1-10-4-2-5-11(8-10)15-13(17)16-12-6-3-7-14-9-12;/h2,4-5,8,12,14H,3,6-7,9H2,1H3,(H2,15,16,17);1H. The number of amides is 2. The highest BCUT2D eigenvalue weighted by molar-refractivity contribution is 5.89. The Morgan fingerprint density at radius 2 is 2.28 bits per heavy atom. The van der Waals surface area contributed by atoms with Crippen LogP contribution in [0.4, 0.5) is 10.5 Å². The minimum absolute atomic E-state index is 0. The van der Waals surface area contributed by atoms with Crippen molar-refractivity contribution in [3.05, 3.63) is 29.8 Å². The molecule has 3 N–H and O–H groups in total. The molecule has 1 aliphatic rings. The number of hydrogen-bond acceptors (Lipinski definition) is 2. The fraction of sp³-hybridized carbons (Fsp3) is 0.462. The second-order valence-electron chi connectivity index (χ2n) is 4.51. The summed E-state index contributed by atoms with van der Waals surface area (Å²) in [6, 6.07) is 7.92. The first-order valence-corrected chi connectivity index (χ1v) is 6.09. The minimum Gasteiger partial charge on any atom is -0.334 e. The maximum Gasteiger partial charge on any atom is 0.319 e. The third-order valence-corrected chi connectivity index (χ3v) is 2.91. The molecule has 1 unspecified atom stereocenters. The zero-order chi connectivity index (χ0) is 12.1. The fourth-order valence-electron chi connectivity index (χ4n) is 2.05. The van der Waals surface area contributed by atoms with Crippen molar-refractivity contribution in [2.24, 2.45) is 0 Å². The topological polar surface area (TPSA) is 53.2 Å². The lowest BCUT2D eigenvalue weighted by molar-refractivity contribution is 0.245. The molecule has 0 saturated carbocycles. The van der Waals surface area contributed by atoms with Gasteiger partial charge in [0.05, 0.1) is 0 Å². The van der Waals surface area contributed by atoms with Crippen molar-refractivity contribution in [3.8, 4) is 0 Å². The van der Waals surface area contributed by atoms with E-state index in [0.29, 0.717) is 0 Å². The molecule has 1 heterocycles. The Morgan fingerprint density at radius 1 is 1.44 bits per heavy atom. The smallest absolute Gasteiger partial charge is 0.319 e. The van der Waals surface area contributed by atoms with Crippen molar-refractivity contribution in [2.45, 2.75) is 25.8 Å². The van der Waals surface area contributed by atoms with Gasteiger partial charge in [0, 0.05) is 18.3 Å². The lowest BCUT2D eigenvalue weighted by Gasteiger charge is -2.23. The minimum atomic E-state index is -0.121. The Labute approximate surface area is 114 Å². The van der Waals surface area contributed by atoms with Crippen LogP contribution in [-0.2, 0) is 0 Å². The highest BCUT2D eigenvalue weighted by Crippen LogP contribution is 2.09. The van der Waals surface area contributed by atoms with E-state index < -0.39 is 0 Å². The molecule has 0 aromatic heterocycles. The Morgan fingerprint density at radius 3 is 2.94 bits per heavy atom. The molecule has 18 heavy (non-hydrogen) atoms. The maximum atomic E-state index is 11.7. The van der Waals surface area contributed by atoms with Crippen LogP contribution >= 0.6 is 12.4 Å². The fourth-order valence-corrected chi connectivity index (χ4v) is 2.05. The van der Waals surface area contributed by atoms with Gasteiger partial charge in [-0.2, -0.15) is 0 Å². The zero-order valence-corrected chi connectivity index (χ0v) is 11.3. The largest absolute Gasteiger partial charge is 0.334 e. The highest BCUT2D eigenvalue weighted by Gasteiger charge is 2.14. The Balaban J connectivity index is 0.00000162. The Kier molecular flexibility index (Phi) is 5.95. The number of piperidine rings is 1. The molecule has 100 valence electrons. The van der Waals surface area contributed by atoms with Crippen molar-refractivity contribution in [2.75, 3.05) is 18.4 Å². The van der Waals surface area contributed by atoms with Gasteiger partial charge in [-0.25, -0.2) is 4.79 Å². The summed E-state index contributed by atoms with van der Waals surface area (Å²) in [6.45, 7) is 3.92. The van der Waals surface area contributed by atoms with Crippen molar-refractivity contribution in [1.29, 1.82) is 0 Å². The third-order valence-electron chi connectivity index (χ3n) is 2.91. The summed E-state index contributed by atoms with van der Waals surface area (Å²) in [5.41, 5.74) is 1.98. The van der Waals surface area contributed by atoms with E-state index in [2.05, 4.69) is 16.0 Å². The molecule has 1 saturated heterocycles. The zero-order valence-electron chi connectivity index (χ0n) is 10.5. The van der Waals surface area contributed by atoms with E-state index in [4.69, 9.17) is 0 Å². The van der Waals surface area contributed by atoms with Crippen molar-refractivity contribution < 1.29 is 4.79 Å². The number of carbonyl (C=O) groups excluding carboxylic acids is 1. The number of urea groups is 1. The molecule has 1 fully saturated rings. The van der Waals surface area contributed by atoms with Gasteiger partial charge in [0.1, 0.15) is 0 Å². The van der Waals surface area contributed by atoms with Crippen LogP contribution in [0.25, 0.3) is 0 Å². The average molecular weight is 270 g/mol. The van der Waals surface area contributed by atoms with Crippen LogP contribution in [0.15, 0.2) is 24.3 Å². The lowest BCUT2D eigenvalue weighted by atomic mass is 10.1. The van der Waals surface area contributed by atoms with Gasteiger partial charge in [0.25, 0.3) is 0 Å². The predicted octanol–water partition coefficient (Wildman–Crippen LogP) is 2.29. The Bertz CT molecular complexity index is 392. The second kappa shape index (κ2) is 7.24. The average Bonchev–Trinajstić information content (AvgIpc) is 2.30. The summed E-state index contributed by atoms with van der Waals surface area (Å²) >= 11 is 0. The summed E-state index contributed by atoms with van der Waals surface area (Å²) in [6.07, 6.45) is 2.17. The third kappa shape index (κ3) is 4.55. The van der Waals surface area contributed by atoms with E-state index in [-0.39, 0.29) is 24.5 Å². The van der Waals surface area contributed by atoms with Crippen LogP contribution in [0.1, 0.15) is 18.4 Å². The van der Waals surface area contributed by atoms with Gasteiger partial charge in [-0.1, -0.05) is 12.1 Å². The number of anilines is 1. The normalized spacial score (nSPS) is 18.6. The molecule has 0 spiro atoms. The van der Waals surface area contributed by atoms with Crippen LogP contribution in [0.5, 0.6) is 0 Å². The van der Waals surface area contributed by atoms with E-state index in [0.717, 1.165) is 37.2 Å². The quantitative estimate of drug-likeness (QED) is 0.772. The Hall–Kier alpha value is -1.26. The van der Waals surface area contributed by atoms with Gasteiger partial charge in [-0.15, -0.1) is 12.4 Å². The van der Waals surface area contributed by atoms with Crippen LogP contribution in [0, 0.1) is 6.92 Å². The van der Waals surface area contributed by atoms with Crippen molar-refractivity contribution in [3.63, 3.8) is 0 Å². The number of carbonyl (C=O) groups is 1. The number of nitrogens with one attached hydrogen (secondary N) is 3. The molecule has 2 amide bonds. The molecule has 0 bridgehead atoms. The van der Waals surface area contributed by atoms with Gasteiger partial charge in [-0.05, 0) is 44.0 Å². The van der Waals surface area contributed by atoms with Crippen LogP contribution in [0.3, 0.4) is 0 Å². The molecule has 1 aromatic rings. The number of hydrogen-bond donors (Lipinski definition) is 3. The number of aryl methyl sites for hydroxylation is 1. The summed E-state index contributed by atoms with van der Waals surface area (Å²) in [7, 11) is 0. The van der Waals surface area contributed by atoms with Crippen molar-refractivity contribution in [1.82, 2.24) is 10.6 Å². The van der Waals surface area contributed by atoms with Gasteiger partial charge < -0.3 is 16.0 Å². The van der Waals surface area contributed by atoms with Gasteiger partial charge in [-0.3, -0.25) is 0 Å². The van der Waals surface area contributed by atoms with Gasteiger partial charge in [0.2, 0.25) is 0 Å². The molecule has 1 aliphatic heterocycles. The molecule has 0 aliphatic carbocycles. The van der Waals surface area contributed by atoms with Crippen LogP contribution in [-0.4, -0.2) is 25.2 Å². The van der Waals surface area contributed by atoms with E-state index in [9.17, 15) is 4.79 Å². The first-order valence-electron chi connectivity index (χ1n) is 6.09. The molecule has 1 atom stereocenters. The monoisotopic (exact) mass is 269 g/mol. The molecular formula is C13H20ClN3O. The number of rotatable bonds is 2. The summed E-state index contributed by atoms with van der Waals surface area (Å²) in [4.78, 5) is 11.7. The van der Waals surface area contributed by atoms with E-state index >= 15 is 0 Å². The molecule has 1 aromatic carbocycles. The number of halogens is 1. The summed E-state index contributed by atoms with van der Waals surface area (Å²) in [5.74, 6) is 0. The first kappa shape index (κ1) is 14.8. The first-order chi connectivity index (χ1) is 8.24. The molecule has 0 radical (unpaired) electrons.